The molecule has 0 N–H and O–H groups in total. The third-order valence-corrected chi connectivity index (χ3v) is 6.02. The molecule has 29 heavy (non-hydrogen) atoms. The van der Waals surface area contributed by atoms with Gasteiger partial charge in [0.05, 0.1) is 40.1 Å². The predicted octanol–water partition coefficient (Wildman–Crippen LogP) is 4.92. The monoisotopic (exact) mass is 428 g/mol. The van der Waals surface area contributed by atoms with E-state index in [1.54, 1.807) is 18.3 Å². The van der Waals surface area contributed by atoms with Crippen LogP contribution in [0.3, 0.4) is 0 Å². The number of halogens is 2. The lowest BCUT2D eigenvalue weighted by Gasteiger charge is -2.22. The van der Waals surface area contributed by atoms with Gasteiger partial charge in [0.25, 0.3) is 0 Å². The Hall–Kier alpha value is -2.37. The van der Waals surface area contributed by atoms with Crippen LogP contribution in [0.1, 0.15) is 35.5 Å². The standard InChI is InChI=1S/C22H22Cl2N4O/c1-14-19(15(2)28(26-14)18-8-9-20(23)21(24)11-18)12-22(29)27(17-6-7-17)13-16-5-3-4-10-25-16/h3-5,8-11,17H,6-7,12-13H2,1-2H3. The van der Waals surface area contributed by atoms with Crippen molar-refractivity contribution in [3.63, 3.8) is 0 Å². The number of aromatic nitrogens is 3. The first-order valence-corrected chi connectivity index (χ1v) is 10.4. The van der Waals surface area contributed by atoms with E-state index < -0.39 is 0 Å². The summed E-state index contributed by atoms with van der Waals surface area (Å²) in [5.74, 6) is 0.109. The van der Waals surface area contributed by atoms with Crippen LogP contribution in [-0.2, 0) is 17.8 Å². The number of pyridine rings is 1. The number of hydrogen-bond donors (Lipinski definition) is 0. The zero-order valence-corrected chi connectivity index (χ0v) is 17.9. The van der Waals surface area contributed by atoms with E-state index in [1.807, 2.05) is 47.7 Å². The van der Waals surface area contributed by atoms with Gasteiger partial charge in [0.15, 0.2) is 0 Å². The van der Waals surface area contributed by atoms with Crippen LogP contribution in [0, 0.1) is 13.8 Å². The Balaban J connectivity index is 1.57. The summed E-state index contributed by atoms with van der Waals surface area (Å²) >= 11 is 12.2. The second-order valence-corrected chi connectivity index (χ2v) is 8.22. The molecule has 7 heteroatoms. The molecule has 0 unspecified atom stereocenters. The predicted molar refractivity (Wildman–Crippen MR) is 115 cm³/mol. The van der Waals surface area contributed by atoms with E-state index in [0.717, 1.165) is 41.2 Å². The molecule has 1 amide bonds. The molecule has 0 bridgehead atoms. The minimum Gasteiger partial charge on any atom is -0.334 e. The Labute approximate surface area is 180 Å². The van der Waals surface area contributed by atoms with Gasteiger partial charge in [0.1, 0.15) is 0 Å². The average Bonchev–Trinajstić information content (AvgIpc) is 3.51. The number of carbonyl (C=O) groups is 1. The van der Waals surface area contributed by atoms with Crippen molar-refractivity contribution < 1.29 is 4.79 Å². The van der Waals surface area contributed by atoms with Crippen molar-refractivity contribution in [2.45, 2.75) is 45.7 Å². The van der Waals surface area contributed by atoms with E-state index in [9.17, 15) is 4.79 Å². The topological polar surface area (TPSA) is 51.0 Å². The molecule has 1 saturated carbocycles. The van der Waals surface area contributed by atoms with Crippen LogP contribution >= 0.6 is 23.2 Å². The Morgan fingerprint density at radius 3 is 2.62 bits per heavy atom. The third-order valence-electron chi connectivity index (χ3n) is 5.28. The number of carbonyl (C=O) groups excluding carboxylic acids is 1. The molecule has 5 nitrogen and oxygen atoms in total. The summed E-state index contributed by atoms with van der Waals surface area (Å²) < 4.78 is 1.82. The van der Waals surface area contributed by atoms with E-state index in [2.05, 4.69) is 10.1 Å². The van der Waals surface area contributed by atoms with E-state index in [0.29, 0.717) is 29.1 Å². The molecule has 3 aromatic rings. The van der Waals surface area contributed by atoms with Crippen LogP contribution in [0.25, 0.3) is 5.69 Å². The number of nitrogens with zero attached hydrogens (tertiary/aromatic N) is 4. The van der Waals surface area contributed by atoms with Gasteiger partial charge in [-0.2, -0.15) is 5.10 Å². The molecule has 1 fully saturated rings. The van der Waals surface area contributed by atoms with Crippen molar-refractivity contribution in [2.24, 2.45) is 0 Å². The van der Waals surface area contributed by atoms with Crippen molar-refractivity contribution in [1.82, 2.24) is 19.7 Å². The lowest BCUT2D eigenvalue weighted by atomic mass is 10.1. The van der Waals surface area contributed by atoms with E-state index in [-0.39, 0.29) is 5.91 Å². The van der Waals surface area contributed by atoms with Crippen LogP contribution in [0.2, 0.25) is 10.0 Å². The molecule has 0 saturated heterocycles. The Bertz CT molecular complexity index is 1040. The highest BCUT2D eigenvalue weighted by molar-refractivity contribution is 6.42. The summed E-state index contributed by atoms with van der Waals surface area (Å²) in [6, 6.07) is 11.5. The normalized spacial score (nSPS) is 13.5. The molecule has 0 atom stereocenters. The Morgan fingerprint density at radius 1 is 1.17 bits per heavy atom. The van der Waals surface area contributed by atoms with Gasteiger partial charge < -0.3 is 4.90 Å². The maximum absolute atomic E-state index is 13.2. The summed E-state index contributed by atoms with van der Waals surface area (Å²) in [5.41, 5.74) is 4.46. The first-order chi connectivity index (χ1) is 13.9. The van der Waals surface area contributed by atoms with E-state index in [4.69, 9.17) is 23.2 Å². The zero-order valence-electron chi connectivity index (χ0n) is 16.4. The van der Waals surface area contributed by atoms with Crippen molar-refractivity contribution in [3.8, 4) is 5.69 Å². The molecule has 1 aliphatic carbocycles. The Morgan fingerprint density at radius 2 is 1.97 bits per heavy atom. The molecular formula is C22H22Cl2N4O. The van der Waals surface area contributed by atoms with Gasteiger partial charge in [0.2, 0.25) is 5.91 Å². The molecule has 1 aromatic carbocycles. The Kier molecular flexibility index (Phi) is 5.61. The molecule has 2 aromatic heterocycles. The smallest absolute Gasteiger partial charge is 0.227 e. The highest BCUT2D eigenvalue weighted by atomic mass is 35.5. The molecule has 0 radical (unpaired) electrons. The van der Waals surface area contributed by atoms with Gasteiger partial charge in [-0.25, -0.2) is 4.68 Å². The summed E-state index contributed by atoms with van der Waals surface area (Å²) in [7, 11) is 0. The second-order valence-electron chi connectivity index (χ2n) is 7.41. The van der Waals surface area contributed by atoms with Crippen LogP contribution in [0.15, 0.2) is 42.6 Å². The SMILES string of the molecule is Cc1nn(-c2ccc(Cl)c(Cl)c2)c(C)c1CC(=O)N(Cc1ccccn1)C1CC1. The van der Waals surface area contributed by atoms with Gasteiger partial charge in [-0.15, -0.1) is 0 Å². The lowest BCUT2D eigenvalue weighted by molar-refractivity contribution is -0.131. The molecule has 4 rings (SSSR count). The van der Waals surface area contributed by atoms with Crippen LogP contribution < -0.4 is 0 Å². The van der Waals surface area contributed by atoms with Crippen LogP contribution in [0.4, 0.5) is 0 Å². The van der Waals surface area contributed by atoms with Crippen molar-refractivity contribution in [3.05, 3.63) is 75.3 Å². The van der Waals surface area contributed by atoms with Gasteiger partial charge in [0, 0.05) is 23.5 Å². The summed E-state index contributed by atoms with van der Waals surface area (Å²) in [5, 5.41) is 5.62. The van der Waals surface area contributed by atoms with Crippen LogP contribution in [0.5, 0.6) is 0 Å². The van der Waals surface area contributed by atoms with Crippen LogP contribution in [-0.4, -0.2) is 31.6 Å². The lowest BCUT2D eigenvalue weighted by Crippen LogP contribution is -2.34. The van der Waals surface area contributed by atoms with Crippen molar-refractivity contribution in [1.29, 1.82) is 0 Å². The average molecular weight is 429 g/mol. The van der Waals surface area contributed by atoms with Gasteiger partial charge >= 0.3 is 0 Å². The summed E-state index contributed by atoms with van der Waals surface area (Å²) in [6.45, 7) is 4.46. The summed E-state index contributed by atoms with van der Waals surface area (Å²) in [4.78, 5) is 19.5. The molecule has 1 aliphatic rings. The third kappa shape index (κ3) is 4.31. The number of aryl methyl sites for hydroxylation is 1. The maximum Gasteiger partial charge on any atom is 0.227 e. The number of amides is 1. The largest absolute Gasteiger partial charge is 0.334 e. The van der Waals surface area contributed by atoms with Gasteiger partial charge in [-0.05, 0) is 57.0 Å². The molecule has 0 aliphatic heterocycles. The number of rotatable bonds is 6. The summed E-state index contributed by atoms with van der Waals surface area (Å²) in [6.07, 6.45) is 4.20. The van der Waals surface area contributed by atoms with Crippen molar-refractivity contribution in [2.75, 3.05) is 0 Å². The van der Waals surface area contributed by atoms with E-state index in [1.165, 1.54) is 0 Å². The second kappa shape index (κ2) is 8.17. The molecule has 2 heterocycles. The molecule has 0 spiro atoms. The highest BCUT2D eigenvalue weighted by Crippen LogP contribution is 2.30. The van der Waals surface area contributed by atoms with Gasteiger partial charge in [-0.1, -0.05) is 29.3 Å². The quantitative estimate of drug-likeness (QED) is 0.559. The minimum absolute atomic E-state index is 0.109. The first-order valence-electron chi connectivity index (χ1n) is 9.64. The minimum atomic E-state index is 0.109. The fourth-order valence-corrected chi connectivity index (χ4v) is 3.82. The number of hydrogen-bond acceptors (Lipinski definition) is 3. The highest BCUT2D eigenvalue weighted by Gasteiger charge is 2.33. The van der Waals surface area contributed by atoms with E-state index >= 15 is 0 Å². The fourth-order valence-electron chi connectivity index (χ4n) is 3.53. The zero-order chi connectivity index (χ0) is 20.5. The maximum atomic E-state index is 13.2. The molecule has 150 valence electrons. The molecular weight excluding hydrogens is 407 g/mol. The first kappa shape index (κ1) is 19.9. The fraction of sp³-hybridized carbons (Fsp3) is 0.318. The van der Waals surface area contributed by atoms with Crippen molar-refractivity contribution >= 4 is 29.1 Å². The van der Waals surface area contributed by atoms with Gasteiger partial charge in [-0.3, -0.25) is 9.78 Å². The number of benzene rings is 1.